The van der Waals surface area contributed by atoms with Gasteiger partial charge in [-0.15, -0.1) is 0 Å². The van der Waals surface area contributed by atoms with Crippen LogP contribution in [0, 0.1) is 0 Å². The molecule has 1 aliphatic rings. The van der Waals surface area contributed by atoms with Gasteiger partial charge in [0.15, 0.2) is 17.3 Å². The van der Waals surface area contributed by atoms with Crippen molar-refractivity contribution in [2.24, 2.45) is 0 Å². The van der Waals surface area contributed by atoms with Crippen LogP contribution in [0.4, 0.5) is 5.69 Å². The van der Waals surface area contributed by atoms with Gasteiger partial charge in [-0.05, 0) is 0 Å². The molecule has 0 atom stereocenters. The molecule has 2 heterocycles. The Kier molecular flexibility index (Phi) is 3.22. The van der Waals surface area contributed by atoms with Gasteiger partial charge in [-0.1, -0.05) is 13.8 Å². The van der Waals surface area contributed by atoms with Crippen molar-refractivity contribution < 1.29 is 9.47 Å². The minimum Gasteiger partial charge on any atom is -0.486 e. The molecule has 2 aromatic rings. The van der Waals surface area contributed by atoms with Crippen LogP contribution >= 0.6 is 0 Å². The molecule has 2 N–H and O–H groups in total. The lowest BCUT2D eigenvalue weighted by Crippen LogP contribution is -2.16. The molecule has 0 bridgehead atoms. The Labute approximate surface area is 117 Å². The summed E-state index contributed by atoms with van der Waals surface area (Å²) < 4.78 is 12.9. The van der Waals surface area contributed by atoms with Gasteiger partial charge in [-0.3, -0.25) is 0 Å². The summed E-state index contributed by atoms with van der Waals surface area (Å²) in [7, 11) is 0. The quantitative estimate of drug-likeness (QED) is 0.863. The first-order chi connectivity index (χ1) is 9.72. The van der Waals surface area contributed by atoms with E-state index in [0.29, 0.717) is 30.4 Å². The summed E-state index contributed by atoms with van der Waals surface area (Å²) in [6, 6.07) is 3.66. The third-order valence-electron chi connectivity index (χ3n) is 3.27. The third kappa shape index (κ3) is 2.07. The molecule has 106 valence electrons. The molecule has 0 saturated carbocycles. The zero-order valence-corrected chi connectivity index (χ0v) is 11.7. The van der Waals surface area contributed by atoms with E-state index in [1.54, 1.807) is 10.7 Å². The lowest BCUT2D eigenvalue weighted by atomic mass is 10.2. The first-order valence-electron chi connectivity index (χ1n) is 6.87. The van der Waals surface area contributed by atoms with E-state index < -0.39 is 0 Å². The summed E-state index contributed by atoms with van der Waals surface area (Å²) in [5.74, 6) is 3.10. The van der Waals surface area contributed by atoms with E-state index in [2.05, 4.69) is 10.1 Å². The smallest absolute Gasteiger partial charge is 0.163 e. The fraction of sp³-hybridized carbons (Fsp3) is 0.429. The van der Waals surface area contributed by atoms with E-state index in [1.165, 1.54) is 0 Å². The molecule has 0 amide bonds. The average Bonchev–Trinajstić information content (AvgIpc) is 2.89. The number of nitrogens with zero attached hydrogens (tertiary/aromatic N) is 3. The van der Waals surface area contributed by atoms with Gasteiger partial charge in [0.25, 0.3) is 0 Å². The Bertz CT molecular complexity index is 636. The number of benzene rings is 1. The topological polar surface area (TPSA) is 75.2 Å². The number of ether oxygens (including phenoxy) is 2. The van der Waals surface area contributed by atoms with E-state index in [-0.39, 0.29) is 0 Å². The van der Waals surface area contributed by atoms with Gasteiger partial charge in [-0.25, -0.2) is 9.67 Å². The Hall–Kier alpha value is -2.24. The van der Waals surface area contributed by atoms with E-state index in [0.717, 1.165) is 30.2 Å². The minimum absolute atomic E-state index is 0.550. The summed E-state index contributed by atoms with van der Waals surface area (Å²) in [5, 5.41) is 4.51. The summed E-state index contributed by atoms with van der Waals surface area (Å²) in [4.78, 5) is 4.50. The van der Waals surface area contributed by atoms with Crippen LogP contribution in [0.15, 0.2) is 12.1 Å². The van der Waals surface area contributed by atoms with Crippen LogP contribution < -0.4 is 15.2 Å². The van der Waals surface area contributed by atoms with Crippen molar-refractivity contribution in [1.29, 1.82) is 0 Å². The van der Waals surface area contributed by atoms with Crippen LogP contribution in [0.3, 0.4) is 0 Å². The number of rotatable bonds is 3. The molecule has 0 spiro atoms. The van der Waals surface area contributed by atoms with Gasteiger partial charge in [-0.2, -0.15) is 5.10 Å². The minimum atomic E-state index is 0.550. The number of aromatic nitrogens is 3. The van der Waals surface area contributed by atoms with Crippen LogP contribution in [0.5, 0.6) is 11.5 Å². The molecule has 0 aliphatic carbocycles. The van der Waals surface area contributed by atoms with Crippen molar-refractivity contribution in [3.05, 3.63) is 23.8 Å². The predicted molar refractivity (Wildman–Crippen MR) is 75.5 cm³/mol. The van der Waals surface area contributed by atoms with Crippen molar-refractivity contribution >= 4 is 5.69 Å². The highest BCUT2D eigenvalue weighted by molar-refractivity contribution is 5.65. The van der Waals surface area contributed by atoms with E-state index in [9.17, 15) is 0 Å². The molecule has 1 aliphatic heterocycles. The lowest BCUT2D eigenvalue weighted by molar-refractivity contribution is 0.171. The summed E-state index contributed by atoms with van der Waals surface area (Å²) in [6.07, 6.45) is 1.59. The Morgan fingerprint density at radius 3 is 2.50 bits per heavy atom. The molecule has 0 unspecified atom stereocenters. The van der Waals surface area contributed by atoms with Crippen molar-refractivity contribution in [3.8, 4) is 17.2 Å². The van der Waals surface area contributed by atoms with Crippen molar-refractivity contribution in [1.82, 2.24) is 14.8 Å². The molecule has 1 aromatic carbocycles. The highest BCUT2D eigenvalue weighted by Gasteiger charge is 2.18. The zero-order chi connectivity index (χ0) is 14.1. The molecule has 3 rings (SSSR count). The number of aryl methyl sites for hydroxylation is 2. The second-order valence-corrected chi connectivity index (χ2v) is 4.62. The van der Waals surface area contributed by atoms with Gasteiger partial charge in [0.1, 0.15) is 19.0 Å². The van der Waals surface area contributed by atoms with Crippen LogP contribution in [-0.4, -0.2) is 28.0 Å². The first-order valence-corrected chi connectivity index (χ1v) is 6.87. The molecular formula is C14H18N4O2. The van der Waals surface area contributed by atoms with Gasteiger partial charge in [0.2, 0.25) is 0 Å². The first kappa shape index (κ1) is 12.8. The molecule has 0 radical (unpaired) electrons. The second-order valence-electron chi connectivity index (χ2n) is 4.62. The summed E-state index contributed by atoms with van der Waals surface area (Å²) in [5.41, 5.74) is 7.52. The maximum absolute atomic E-state index is 6.13. The number of hydrogen-bond acceptors (Lipinski definition) is 5. The Balaban J connectivity index is 2.11. The number of fused-ring (bicyclic) bond motifs is 1. The Morgan fingerprint density at radius 2 is 1.85 bits per heavy atom. The molecule has 6 nitrogen and oxygen atoms in total. The standard InChI is InChI=1S/C14H18N4O2/c1-3-13-16-14(4-2)18(17-13)10-8-12-11(7-9(10)15)19-5-6-20-12/h7-8H,3-6,15H2,1-2H3. The summed E-state index contributed by atoms with van der Waals surface area (Å²) in [6.45, 7) is 5.18. The normalized spacial score (nSPS) is 13.5. The van der Waals surface area contributed by atoms with Crippen LogP contribution in [-0.2, 0) is 12.8 Å². The molecule has 1 aromatic heterocycles. The SMILES string of the molecule is CCc1nc(CC)n(-c2cc3c(cc2N)OCCO3)n1. The van der Waals surface area contributed by atoms with Crippen molar-refractivity contribution in [3.63, 3.8) is 0 Å². The predicted octanol–water partition coefficient (Wildman–Crippen LogP) is 1.75. The largest absolute Gasteiger partial charge is 0.486 e. The van der Waals surface area contributed by atoms with Crippen LogP contribution in [0.1, 0.15) is 25.5 Å². The fourth-order valence-electron chi connectivity index (χ4n) is 2.24. The van der Waals surface area contributed by atoms with Gasteiger partial charge < -0.3 is 15.2 Å². The third-order valence-corrected chi connectivity index (χ3v) is 3.27. The van der Waals surface area contributed by atoms with E-state index in [1.807, 2.05) is 19.9 Å². The number of hydrogen-bond donors (Lipinski definition) is 1. The van der Waals surface area contributed by atoms with E-state index in [4.69, 9.17) is 15.2 Å². The fourth-order valence-corrected chi connectivity index (χ4v) is 2.24. The van der Waals surface area contributed by atoms with Crippen LogP contribution in [0.2, 0.25) is 0 Å². The van der Waals surface area contributed by atoms with Gasteiger partial charge in [0.05, 0.1) is 11.4 Å². The zero-order valence-electron chi connectivity index (χ0n) is 11.7. The lowest BCUT2D eigenvalue weighted by Gasteiger charge is -2.20. The van der Waals surface area contributed by atoms with E-state index >= 15 is 0 Å². The Morgan fingerprint density at radius 1 is 1.15 bits per heavy atom. The van der Waals surface area contributed by atoms with Crippen molar-refractivity contribution in [2.45, 2.75) is 26.7 Å². The maximum atomic E-state index is 6.13. The highest BCUT2D eigenvalue weighted by atomic mass is 16.6. The molecular weight excluding hydrogens is 256 g/mol. The monoisotopic (exact) mass is 274 g/mol. The number of nitrogen functional groups attached to an aromatic ring is 1. The molecule has 0 fully saturated rings. The average molecular weight is 274 g/mol. The molecule has 20 heavy (non-hydrogen) atoms. The molecule has 0 saturated heterocycles. The van der Waals surface area contributed by atoms with Crippen LogP contribution in [0.25, 0.3) is 5.69 Å². The summed E-state index contributed by atoms with van der Waals surface area (Å²) >= 11 is 0. The van der Waals surface area contributed by atoms with Crippen molar-refractivity contribution in [2.75, 3.05) is 18.9 Å². The highest BCUT2D eigenvalue weighted by Crippen LogP contribution is 2.36. The maximum Gasteiger partial charge on any atom is 0.163 e. The second kappa shape index (κ2) is 5.03. The van der Waals surface area contributed by atoms with Gasteiger partial charge in [0, 0.05) is 25.0 Å². The van der Waals surface area contributed by atoms with Gasteiger partial charge >= 0.3 is 0 Å². The number of nitrogens with two attached hydrogens (primary N) is 1. The molecule has 6 heteroatoms. The number of anilines is 1.